The number of hydrogen-bond donors (Lipinski definition) is 0. The number of hydrogen-bond acceptors (Lipinski definition) is 7. The first-order valence-corrected chi connectivity index (χ1v) is 9.38. The quantitative estimate of drug-likeness (QED) is 0.488. The number of likely N-dealkylation sites (N-methyl/N-ethyl adjacent to an activating group) is 1. The Morgan fingerprint density at radius 3 is 2.53 bits per heavy atom. The van der Waals surface area contributed by atoms with E-state index in [0.717, 1.165) is 11.3 Å². The van der Waals surface area contributed by atoms with Gasteiger partial charge in [-0.3, -0.25) is 19.8 Å². The number of benzene rings is 2. The van der Waals surface area contributed by atoms with Crippen LogP contribution >= 0.6 is 0 Å². The van der Waals surface area contributed by atoms with Crippen molar-refractivity contribution in [1.29, 1.82) is 0 Å². The van der Waals surface area contributed by atoms with Crippen LogP contribution in [0.3, 0.4) is 0 Å². The molecule has 9 heteroatoms. The Kier molecular flexibility index (Phi) is 3.92. The highest BCUT2D eigenvalue weighted by molar-refractivity contribution is 6.27. The average Bonchev–Trinajstić information content (AvgIpc) is 3.30. The maximum Gasteiger partial charge on any atom is 0.269 e. The highest BCUT2D eigenvalue weighted by Gasteiger charge is 2.46. The Balaban J connectivity index is 1.68. The minimum Gasteiger partial charge on any atom is -0.365 e. The van der Waals surface area contributed by atoms with Crippen LogP contribution in [0.5, 0.6) is 0 Å². The van der Waals surface area contributed by atoms with Gasteiger partial charge in [0.2, 0.25) is 11.7 Å². The van der Waals surface area contributed by atoms with Gasteiger partial charge in [-0.15, -0.1) is 0 Å². The molecule has 0 aliphatic carbocycles. The van der Waals surface area contributed by atoms with Crippen LogP contribution in [0.1, 0.15) is 23.3 Å². The van der Waals surface area contributed by atoms with Crippen LogP contribution in [0.2, 0.25) is 0 Å². The molecule has 150 valence electrons. The lowest BCUT2D eigenvalue weighted by atomic mass is 9.93. The largest absolute Gasteiger partial charge is 0.365 e. The summed E-state index contributed by atoms with van der Waals surface area (Å²) >= 11 is 0. The molecule has 30 heavy (non-hydrogen) atoms. The summed E-state index contributed by atoms with van der Waals surface area (Å²) < 4.78 is 5.09. The standard InChI is InChI=1S/C21H17N5O4/c1-12-22-20(23-30-12)16-11-18-19(15-5-3-4-6-17(15)24(18)2)25(21(16)27)13-7-9-14(10-8-13)26(28)29/h3-11,18-19H,1-2H3. The highest BCUT2D eigenvalue weighted by atomic mass is 16.6. The van der Waals surface area contributed by atoms with Gasteiger partial charge in [-0.05, 0) is 24.3 Å². The second kappa shape index (κ2) is 6.51. The number of aryl methyl sites for hydroxylation is 1. The van der Waals surface area contributed by atoms with Crippen LogP contribution < -0.4 is 9.80 Å². The fourth-order valence-electron chi connectivity index (χ4n) is 4.20. The fourth-order valence-corrected chi connectivity index (χ4v) is 4.20. The van der Waals surface area contributed by atoms with Crippen LogP contribution in [-0.4, -0.2) is 34.1 Å². The molecule has 3 aromatic rings. The van der Waals surface area contributed by atoms with Crippen molar-refractivity contribution in [2.24, 2.45) is 0 Å². The number of nitro groups is 1. The van der Waals surface area contributed by atoms with E-state index in [4.69, 9.17) is 4.52 Å². The van der Waals surface area contributed by atoms with Gasteiger partial charge in [0.25, 0.3) is 11.6 Å². The maximum absolute atomic E-state index is 13.6. The van der Waals surface area contributed by atoms with Crippen molar-refractivity contribution < 1.29 is 14.2 Å². The molecule has 2 aliphatic rings. The van der Waals surface area contributed by atoms with Gasteiger partial charge in [-0.1, -0.05) is 23.4 Å². The first-order valence-electron chi connectivity index (χ1n) is 9.38. The van der Waals surface area contributed by atoms with Crippen molar-refractivity contribution in [3.8, 4) is 0 Å². The van der Waals surface area contributed by atoms with E-state index in [9.17, 15) is 14.9 Å². The normalized spacial score (nSPS) is 20.1. The molecule has 0 saturated heterocycles. The van der Waals surface area contributed by atoms with Crippen LogP contribution in [0.15, 0.2) is 59.1 Å². The highest BCUT2D eigenvalue weighted by Crippen LogP contribution is 2.48. The Hall–Kier alpha value is -4.01. The van der Waals surface area contributed by atoms with E-state index in [-0.39, 0.29) is 29.5 Å². The first kappa shape index (κ1) is 18.0. The number of carbonyl (C=O) groups excluding carboxylic acids is 1. The van der Waals surface area contributed by atoms with Gasteiger partial charge in [-0.2, -0.15) is 4.98 Å². The van der Waals surface area contributed by atoms with Crippen molar-refractivity contribution in [1.82, 2.24) is 10.1 Å². The Labute approximate surface area is 171 Å². The summed E-state index contributed by atoms with van der Waals surface area (Å²) in [6, 6.07) is 13.5. The van der Waals surface area contributed by atoms with Crippen LogP contribution in [-0.2, 0) is 4.79 Å². The number of non-ortho nitro benzene ring substituents is 1. The topological polar surface area (TPSA) is 106 Å². The zero-order valence-corrected chi connectivity index (χ0v) is 16.2. The summed E-state index contributed by atoms with van der Waals surface area (Å²) in [6.07, 6.45) is 1.87. The van der Waals surface area contributed by atoms with Crippen molar-refractivity contribution >= 4 is 28.5 Å². The maximum atomic E-state index is 13.6. The van der Waals surface area contributed by atoms with E-state index in [2.05, 4.69) is 15.0 Å². The molecule has 0 N–H and O–H groups in total. The van der Waals surface area contributed by atoms with Gasteiger partial charge in [0.15, 0.2) is 0 Å². The summed E-state index contributed by atoms with van der Waals surface area (Å²) in [4.78, 5) is 32.2. The minimum atomic E-state index is -0.462. The average molecular weight is 403 g/mol. The van der Waals surface area contributed by atoms with Crippen molar-refractivity contribution in [3.05, 3.63) is 82.0 Å². The molecule has 5 rings (SSSR count). The Morgan fingerprint density at radius 2 is 1.87 bits per heavy atom. The number of anilines is 2. The number of para-hydroxylation sites is 1. The molecule has 9 nitrogen and oxygen atoms in total. The van der Waals surface area contributed by atoms with Crippen LogP contribution in [0, 0.1) is 17.0 Å². The lowest BCUT2D eigenvalue weighted by Gasteiger charge is -2.38. The van der Waals surface area contributed by atoms with Gasteiger partial charge >= 0.3 is 0 Å². The van der Waals surface area contributed by atoms with E-state index < -0.39 is 4.92 Å². The minimum absolute atomic E-state index is 0.0340. The van der Waals surface area contributed by atoms with E-state index >= 15 is 0 Å². The molecule has 3 heterocycles. The molecular weight excluding hydrogens is 386 g/mol. The summed E-state index contributed by atoms with van der Waals surface area (Å²) in [6.45, 7) is 1.67. The molecule has 2 aromatic carbocycles. The second-order valence-electron chi connectivity index (χ2n) is 7.27. The molecule has 2 aliphatic heterocycles. The van der Waals surface area contributed by atoms with E-state index in [0.29, 0.717) is 17.2 Å². The lowest BCUT2D eigenvalue weighted by molar-refractivity contribution is -0.384. The number of nitrogens with zero attached hydrogens (tertiary/aromatic N) is 5. The molecule has 0 bridgehead atoms. The Morgan fingerprint density at radius 1 is 1.13 bits per heavy atom. The number of fused-ring (bicyclic) bond motifs is 3. The molecule has 0 saturated carbocycles. The zero-order valence-electron chi connectivity index (χ0n) is 16.2. The summed E-state index contributed by atoms with van der Waals surface area (Å²) in [5, 5.41) is 15.0. The van der Waals surface area contributed by atoms with E-state index in [1.165, 1.54) is 12.1 Å². The number of rotatable bonds is 3. The molecule has 0 spiro atoms. The van der Waals surface area contributed by atoms with Crippen molar-refractivity contribution in [2.75, 3.05) is 16.8 Å². The monoisotopic (exact) mass is 403 g/mol. The van der Waals surface area contributed by atoms with Gasteiger partial charge in [-0.25, -0.2) is 0 Å². The fraction of sp³-hybridized carbons (Fsp3) is 0.190. The number of carbonyl (C=O) groups is 1. The van der Waals surface area contributed by atoms with E-state index in [1.54, 1.807) is 24.0 Å². The van der Waals surface area contributed by atoms with Gasteiger partial charge in [0, 0.05) is 43.0 Å². The molecule has 0 fully saturated rings. The van der Waals surface area contributed by atoms with Crippen molar-refractivity contribution in [3.63, 3.8) is 0 Å². The third-order valence-corrected chi connectivity index (χ3v) is 5.58. The molecule has 2 unspecified atom stereocenters. The Bertz CT molecular complexity index is 1200. The predicted octanol–water partition coefficient (Wildman–Crippen LogP) is 3.28. The molecule has 1 aromatic heterocycles. The molecule has 1 amide bonds. The van der Waals surface area contributed by atoms with E-state index in [1.807, 2.05) is 37.4 Å². The van der Waals surface area contributed by atoms with Crippen molar-refractivity contribution in [2.45, 2.75) is 19.0 Å². The van der Waals surface area contributed by atoms with Crippen LogP contribution in [0.25, 0.3) is 5.57 Å². The third-order valence-electron chi connectivity index (χ3n) is 5.58. The number of aromatic nitrogens is 2. The predicted molar refractivity (Wildman–Crippen MR) is 109 cm³/mol. The summed E-state index contributed by atoms with van der Waals surface area (Å²) in [5.41, 5.74) is 2.90. The third kappa shape index (κ3) is 2.59. The SMILES string of the molecule is Cc1nc(C2=CC3C(c4ccccc4N3C)N(c3ccc([N+](=O)[O-])cc3)C2=O)no1. The lowest BCUT2D eigenvalue weighted by Crippen LogP contribution is -2.46. The molecule has 2 atom stereocenters. The van der Waals surface area contributed by atoms with Gasteiger partial charge < -0.3 is 9.42 Å². The summed E-state index contributed by atoms with van der Waals surface area (Å²) in [5.74, 6) is 0.314. The smallest absolute Gasteiger partial charge is 0.269 e. The number of amides is 1. The van der Waals surface area contributed by atoms with Gasteiger partial charge in [0.05, 0.1) is 22.6 Å². The summed E-state index contributed by atoms with van der Waals surface area (Å²) in [7, 11) is 1.98. The van der Waals surface area contributed by atoms with Gasteiger partial charge in [0.1, 0.15) is 0 Å². The second-order valence-corrected chi connectivity index (χ2v) is 7.27. The molecular formula is C21H17N5O4. The zero-order chi connectivity index (χ0) is 21.0. The van der Waals surface area contributed by atoms with Crippen LogP contribution in [0.4, 0.5) is 17.1 Å². The first-order chi connectivity index (χ1) is 14.5. The number of nitro benzene ring substituents is 1. The molecule has 0 radical (unpaired) electrons.